The fourth-order valence-corrected chi connectivity index (χ4v) is 3.45. The third-order valence-electron chi connectivity index (χ3n) is 4.44. The van der Waals surface area contributed by atoms with Crippen molar-refractivity contribution in [2.24, 2.45) is 0 Å². The fourth-order valence-electron chi connectivity index (χ4n) is 2.91. The summed E-state index contributed by atoms with van der Waals surface area (Å²) in [5.41, 5.74) is 3.08. The standard InChI is InChI=1S/C18H19N5O4S/c1-22(18-21-20-16(27-18)15-10-19-11-28-15)17(24)13-4-3-12(9-14(13)25-2)23-5-7-26-8-6-23/h3-4,9-11H,5-8H2,1-2H3. The molecule has 0 unspecified atom stereocenters. The molecule has 4 rings (SSSR count). The Hall–Kier alpha value is -2.98. The molecule has 146 valence electrons. The second-order valence-electron chi connectivity index (χ2n) is 6.10. The Bertz CT molecular complexity index is 953. The van der Waals surface area contributed by atoms with Crippen LogP contribution in [-0.4, -0.2) is 61.5 Å². The lowest BCUT2D eigenvalue weighted by Crippen LogP contribution is -2.36. The van der Waals surface area contributed by atoms with Gasteiger partial charge in [0.25, 0.3) is 11.8 Å². The van der Waals surface area contributed by atoms with Gasteiger partial charge in [0.05, 0.1) is 37.6 Å². The van der Waals surface area contributed by atoms with Gasteiger partial charge in [0, 0.05) is 31.9 Å². The number of thiazole rings is 1. The number of hydrogen-bond donors (Lipinski definition) is 0. The molecule has 0 radical (unpaired) electrons. The lowest BCUT2D eigenvalue weighted by Gasteiger charge is -2.29. The summed E-state index contributed by atoms with van der Waals surface area (Å²) in [6.07, 6.45) is 1.64. The highest BCUT2D eigenvalue weighted by atomic mass is 32.1. The van der Waals surface area contributed by atoms with Crippen LogP contribution >= 0.6 is 11.3 Å². The summed E-state index contributed by atoms with van der Waals surface area (Å²) in [6, 6.07) is 5.63. The van der Waals surface area contributed by atoms with Crippen molar-refractivity contribution in [3.05, 3.63) is 35.5 Å². The molecule has 0 atom stereocenters. The number of amides is 1. The third-order valence-corrected chi connectivity index (χ3v) is 5.20. The number of nitrogens with zero attached hydrogens (tertiary/aromatic N) is 5. The van der Waals surface area contributed by atoms with E-state index in [1.807, 2.05) is 12.1 Å². The van der Waals surface area contributed by atoms with Crippen molar-refractivity contribution in [3.8, 4) is 16.5 Å². The molecule has 2 aromatic heterocycles. The second-order valence-corrected chi connectivity index (χ2v) is 6.99. The number of methoxy groups -OCH3 is 1. The molecule has 0 saturated carbocycles. The Morgan fingerprint density at radius 3 is 2.82 bits per heavy atom. The van der Waals surface area contributed by atoms with Crippen LogP contribution in [-0.2, 0) is 4.74 Å². The van der Waals surface area contributed by atoms with Gasteiger partial charge in [-0.15, -0.1) is 16.4 Å². The number of anilines is 2. The first-order chi connectivity index (χ1) is 13.7. The number of hydrogen-bond acceptors (Lipinski definition) is 9. The van der Waals surface area contributed by atoms with E-state index in [4.69, 9.17) is 13.9 Å². The topological polar surface area (TPSA) is 93.8 Å². The van der Waals surface area contributed by atoms with Gasteiger partial charge < -0.3 is 18.8 Å². The molecule has 1 saturated heterocycles. The highest BCUT2D eigenvalue weighted by Gasteiger charge is 2.24. The molecule has 1 fully saturated rings. The van der Waals surface area contributed by atoms with Crippen LogP contribution in [0.5, 0.6) is 5.75 Å². The number of rotatable bonds is 5. The molecule has 1 aromatic carbocycles. The van der Waals surface area contributed by atoms with E-state index in [-0.39, 0.29) is 11.9 Å². The number of aromatic nitrogens is 3. The maximum Gasteiger partial charge on any atom is 0.325 e. The first kappa shape index (κ1) is 18.4. The molecule has 28 heavy (non-hydrogen) atoms. The van der Waals surface area contributed by atoms with Crippen molar-refractivity contribution in [1.82, 2.24) is 15.2 Å². The van der Waals surface area contributed by atoms with Crippen molar-refractivity contribution in [1.29, 1.82) is 0 Å². The number of morpholine rings is 1. The Morgan fingerprint density at radius 1 is 1.29 bits per heavy atom. The third kappa shape index (κ3) is 3.56. The molecular weight excluding hydrogens is 382 g/mol. The predicted octanol–water partition coefficient (Wildman–Crippen LogP) is 2.31. The van der Waals surface area contributed by atoms with Crippen LogP contribution in [0, 0.1) is 0 Å². The minimum atomic E-state index is -0.301. The SMILES string of the molecule is COc1cc(N2CCOCC2)ccc1C(=O)N(C)c1nnc(-c2cncs2)o1. The Morgan fingerprint density at radius 2 is 2.11 bits per heavy atom. The van der Waals surface area contributed by atoms with Crippen LogP contribution in [0.15, 0.2) is 34.3 Å². The Balaban J connectivity index is 1.56. The van der Waals surface area contributed by atoms with Gasteiger partial charge in [-0.05, 0) is 12.1 Å². The normalized spacial score (nSPS) is 14.1. The van der Waals surface area contributed by atoms with Crippen LogP contribution in [0.1, 0.15) is 10.4 Å². The van der Waals surface area contributed by atoms with Crippen molar-refractivity contribution in [3.63, 3.8) is 0 Å². The van der Waals surface area contributed by atoms with Gasteiger partial charge in [-0.3, -0.25) is 14.7 Å². The van der Waals surface area contributed by atoms with E-state index in [0.717, 1.165) is 23.7 Å². The highest BCUT2D eigenvalue weighted by molar-refractivity contribution is 7.13. The van der Waals surface area contributed by atoms with Gasteiger partial charge in [-0.1, -0.05) is 5.10 Å². The smallest absolute Gasteiger partial charge is 0.325 e. The number of carbonyl (C=O) groups is 1. The van der Waals surface area contributed by atoms with Gasteiger partial charge in [-0.25, -0.2) is 0 Å². The molecular formula is C18H19N5O4S. The van der Waals surface area contributed by atoms with Crippen molar-refractivity contribution < 1.29 is 18.7 Å². The van der Waals surface area contributed by atoms with E-state index in [2.05, 4.69) is 20.1 Å². The number of benzene rings is 1. The van der Waals surface area contributed by atoms with Crippen LogP contribution in [0.3, 0.4) is 0 Å². The van der Waals surface area contributed by atoms with Crippen molar-refractivity contribution in [2.75, 3.05) is 50.3 Å². The molecule has 3 aromatic rings. The minimum Gasteiger partial charge on any atom is -0.496 e. The molecule has 0 N–H and O–H groups in total. The summed E-state index contributed by atoms with van der Waals surface area (Å²) >= 11 is 1.38. The molecule has 1 aliphatic heterocycles. The molecule has 0 bridgehead atoms. The summed E-state index contributed by atoms with van der Waals surface area (Å²) in [6.45, 7) is 2.98. The first-order valence-electron chi connectivity index (χ1n) is 8.68. The Kier molecular flexibility index (Phi) is 5.22. The fraction of sp³-hybridized carbons (Fsp3) is 0.333. The van der Waals surface area contributed by atoms with Crippen LogP contribution in [0.2, 0.25) is 0 Å². The van der Waals surface area contributed by atoms with Gasteiger partial charge in [0.1, 0.15) is 10.6 Å². The first-order valence-corrected chi connectivity index (χ1v) is 9.56. The molecule has 10 heteroatoms. The van der Waals surface area contributed by atoms with Gasteiger partial charge in [-0.2, -0.15) is 0 Å². The van der Waals surface area contributed by atoms with Gasteiger partial charge in [0.2, 0.25) is 0 Å². The van der Waals surface area contributed by atoms with E-state index in [0.29, 0.717) is 30.4 Å². The lowest BCUT2D eigenvalue weighted by molar-refractivity contribution is 0.0985. The largest absolute Gasteiger partial charge is 0.496 e. The summed E-state index contributed by atoms with van der Waals surface area (Å²) in [7, 11) is 3.13. The Labute approximate surface area is 165 Å². The zero-order valence-electron chi connectivity index (χ0n) is 15.5. The maximum atomic E-state index is 13.0. The number of carbonyl (C=O) groups excluding carboxylic acids is 1. The minimum absolute atomic E-state index is 0.104. The summed E-state index contributed by atoms with van der Waals surface area (Å²) in [5.74, 6) is 0.514. The van der Waals surface area contributed by atoms with E-state index >= 15 is 0 Å². The van der Waals surface area contributed by atoms with E-state index in [1.165, 1.54) is 16.2 Å². The van der Waals surface area contributed by atoms with E-state index in [1.54, 1.807) is 31.9 Å². The quantitative estimate of drug-likeness (QED) is 0.643. The molecule has 0 aliphatic carbocycles. The highest BCUT2D eigenvalue weighted by Crippen LogP contribution is 2.29. The molecule has 1 amide bonds. The zero-order valence-corrected chi connectivity index (χ0v) is 16.3. The summed E-state index contributed by atoms with van der Waals surface area (Å²) in [5, 5.41) is 7.95. The lowest BCUT2D eigenvalue weighted by atomic mass is 10.1. The average Bonchev–Trinajstić information content (AvgIpc) is 3.44. The second kappa shape index (κ2) is 7.95. The summed E-state index contributed by atoms with van der Waals surface area (Å²) < 4.78 is 16.5. The molecule has 9 nitrogen and oxygen atoms in total. The zero-order chi connectivity index (χ0) is 19.5. The number of ether oxygens (including phenoxy) is 2. The van der Waals surface area contributed by atoms with Gasteiger partial charge >= 0.3 is 6.01 Å². The van der Waals surface area contributed by atoms with Crippen molar-refractivity contribution in [2.45, 2.75) is 0 Å². The predicted molar refractivity (Wildman–Crippen MR) is 104 cm³/mol. The average molecular weight is 401 g/mol. The van der Waals surface area contributed by atoms with Gasteiger partial charge in [0.15, 0.2) is 0 Å². The molecule has 0 spiro atoms. The monoisotopic (exact) mass is 401 g/mol. The van der Waals surface area contributed by atoms with Crippen LogP contribution < -0.4 is 14.5 Å². The maximum absolute atomic E-state index is 13.0. The van der Waals surface area contributed by atoms with Crippen LogP contribution in [0.25, 0.3) is 10.8 Å². The molecule has 3 heterocycles. The summed E-state index contributed by atoms with van der Waals surface area (Å²) in [4.78, 5) is 21.2. The van der Waals surface area contributed by atoms with Crippen molar-refractivity contribution >= 4 is 28.9 Å². The van der Waals surface area contributed by atoms with Crippen LogP contribution in [0.4, 0.5) is 11.7 Å². The molecule has 1 aliphatic rings. The van der Waals surface area contributed by atoms with E-state index in [9.17, 15) is 4.79 Å². The van der Waals surface area contributed by atoms with E-state index < -0.39 is 0 Å².